The molecule has 2 N–H and O–H groups in total. The zero-order valence-corrected chi connectivity index (χ0v) is 15.0. The molecule has 1 aromatic rings. The fourth-order valence-electron chi connectivity index (χ4n) is 3.71. The van der Waals surface area contributed by atoms with Crippen LogP contribution in [-0.4, -0.2) is 5.54 Å². The van der Waals surface area contributed by atoms with Gasteiger partial charge in [-0.3, -0.25) is 0 Å². The maximum Gasteiger partial charge on any atom is 0.0129 e. The number of hydrogen-bond donors (Lipinski definition) is 1. The second-order valence-corrected chi connectivity index (χ2v) is 7.88. The Morgan fingerprint density at radius 2 is 1.77 bits per heavy atom. The maximum absolute atomic E-state index is 6.31. The minimum Gasteiger partial charge on any atom is -0.325 e. The van der Waals surface area contributed by atoms with Gasteiger partial charge in [0.15, 0.2) is 0 Å². The van der Waals surface area contributed by atoms with Crippen molar-refractivity contribution in [2.24, 2.45) is 11.7 Å². The van der Waals surface area contributed by atoms with Crippen molar-refractivity contribution in [2.75, 3.05) is 0 Å². The lowest BCUT2D eigenvalue weighted by atomic mass is 9.74. The molecule has 0 radical (unpaired) electrons. The van der Waals surface area contributed by atoms with E-state index in [0.717, 1.165) is 6.42 Å². The van der Waals surface area contributed by atoms with E-state index in [2.05, 4.69) is 39.0 Å². The lowest BCUT2D eigenvalue weighted by molar-refractivity contribution is 0.288. The van der Waals surface area contributed by atoms with Gasteiger partial charge in [0.2, 0.25) is 0 Å². The Bertz CT molecular complexity index is 455. The first-order chi connectivity index (χ1) is 10.5. The van der Waals surface area contributed by atoms with E-state index in [1.54, 1.807) is 16.7 Å². The zero-order chi connectivity index (χ0) is 16.0. The van der Waals surface area contributed by atoms with Crippen molar-refractivity contribution < 1.29 is 0 Å². The average molecular weight is 302 g/mol. The third kappa shape index (κ3) is 5.12. The molecular weight excluding hydrogens is 266 g/mol. The van der Waals surface area contributed by atoms with Crippen LogP contribution in [0.25, 0.3) is 0 Å². The van der Waals surface area contributed by atoms with Gasteiger partial charge in [-0.1, -0.05) is 57.2 Å². The van der Waals surface area contributed by atoms with E-state index >= 15 is 0 Å². The highest BCUT2D eigenvalue weighted by molar-refractivity contribution is 5.34. The molecule has 1 nitrogen and oxygen atoms in total. The first-order valence-corrected chi connectivity index (χ1v) is 9.40. The monoisotopic (exact) mass is 301 g/mol. The van der Waals surface area contributed by atoms with Gasteiger partial charge in [0, 0.05) is 5.54 Å². The molecule has 1 aliphatic rings. The van der Waals surface area contributed by atoms with Crippen LogP contribution in [-0.2, 0) is 19.3 Å². The van der Waals surface area contributed by atoms with Crippen molar-refractivity contribution in [3.8, 4) is 0 Å². The molecule has 0 aromatic heterocycles. The number of rotatable bonds is 8. The molecule has 1 unspecified atom stereocenters. The van der Waals surface area contributed by atoms with E-state index in [0.29, 0.717) is 5.92 Å². The van der Waals surface area contributed by atoms with Crippen molar-refractivity contribution in [3.05, 3.63) is 34.9 Å². The van der Waals surface area contributed by atoms with Crippen LogP contribution in [0.4, 0.5) is 0 Å². The molecule has 124 valence electrons. The molecule has 22 heavy (non-hydrogen) atoms. The fourth-order valence-corrected chi connectivity index (χ4v) is 3.71. The highest BCUT2D eigenvalue weighted by Gasteiger charge is 2.28. The molecule has 0 bridgehead atoms. The van der Waals surface area contributed by atoms with Crippen molar-refractivity contribution in [3.63, 3.8) is 0 Å². The smallest absolute Gasteiger partial charge is 0.0129 e. The summed E-state index contributed by atoms with van der Waals surface area (Å²) in [6, 6.07) is 7.21. The standard InChI is InChI=1S/C21H35N/c1-4-5-6-7-8-9-10-17-11-12-19-16-20(21(2,3)22)14-13-18(19)15-17/h11-12,15,20H,4-10,13-14,16,22H2,1-3H3. The number of fused-ring (bicyclic) bond motifs is 1. The van der Waals surface area contributed by atoms with Crippen molar-refractivity contribution in [2.45, 2.75) is 90.5 Å². The van der Waals surface area contributed by atoms with Crippen molar-refractivity contribution in [1.29, 1.82) is 0 Å². The number of unbranched alkanes of at least 4 members (excludes halogenated alkanes) is 5. The van der Waals surface area contributed by atoms with Crippen LogP contribution >= 0.6 is 0 Å². The number of benzene rings is 1. The quantitative estimate of drug-likeness (QED) is 0.636. The third-order valence-electron chi connectivity index (χ3n) is 5.37. The van der Waals surface area contributed by atoms with Crippen LogP contribution in [0, 0.1) is 5.92 Å². The molecule has 1 atom stereocenters. The number of aryl methyl sites for hydroxylation is 2. The van der Waals surface area contributed by atoms with E-state index < -0.39 is 0 Å². The zero-order valence-electron chi connectivity index (χ0n) is 15.0. The molecular formula is C21H35N. The lowest BCUT2D eigenvalue weighted by Crippen LogP contribution is -2.43. The Kier molecular flexibility index (Phi) is 6.50. The summed E-state index contributed by atoms with van der Waals surface area (Å²) in [6.45, 7) is 6.63. The lowest BCUT2D eigenvalue weighted by Gasteiger charge is -2.35. The molecule has 1 aromatic carbocycles. The Balaban J connectivity index is 1.83. The molecule has 0 heterocycles. The van der Waals surface area contributed by atoms with Crippen LogP contribution in [0.2, 0.25) is 0 Å². The van der Waals surface area contributed by atoms with Crippen molar-refractivity contribution in [1.82, 2.24) is 0 Å². The van der Waals surface area contributed by atoms with Crippen LogP contribution in [0.1, 0.15) is 82.4 Å². The molecule has 1 aliphatic carbocycles. The second kappa shape index (κ2) is 8.15. The van der Waals surface area contributed by atoms with Gasteiger partial charge in [0.1, 0.15) is 0 Å². The largest absolute Gasteiger partial charge is 0.325 e. The molecule has 1 heteroatoms. The molecule has 0 spiro atoms. The predicted octanol–water partition coefficient (Wildman–Crippen LogP) is 5.43. The van der Waals surface area contributed by atoms with Gasteiger partial charge in [-0.15, -0.1) is 0 Å². The van der Waals surface area contributed by atoms with Gasteiger partial charge < -0.3 is 5.73 Å². The topological polar surface area (TPSA) is 26.0 Å². The van der Waals surface area contributed by atoms with E-state index in [1.807, 2.05) is 0 Å². The molecule has 0 saturated carbocycles. The number of nitrogens with two attached hydrogens (primary N) is 1. The highest BCUT2D eigenvalue weighted by Crippen LogP contribution is 2.32. The molecule has 0 aliphatic heterocycles. The first kappa shape index (κ1) is 17.5. The van der Waals surface area contributed by atoms with Crippen LogP contribution in [0.5, 0.6) is 0 Å². The normalized spacial score (nSPS) is 18.3. The molecule has 0 fully saturated rings. The summed E-state index contributed by atoms with van der Waals surface area (Å²) in [5.74, 6) is 0.629. The predicted molar refractivity (Wildman–Crippen MR) is 97.3 cm³/mol. The summed E-state index contributed by atoms with van der Waals surface area (Å²) >= 11 is 0. The van der Waals surface area contributed by atoms with Gasteiger partial charge in [-0.05, 0) is 68.6 Å². The second-order valence-electron chi connectivity index (χ2n) is 7.88. The summed E-state index contributed by atoms with van der Waals surface area (Å²) in [7, 11) is 0. The summed E-state index contributed by atoms with van der Waals surface area (Å²) in [5.41, 5.74) is 10.9. The summed E-state index contributed by atoms with van der Waals surface area (Å²) in [6.07, 6.45) is 13.2. The molecule has 0 saturated heterocycles. The highest BCUT2D eigenvalue weighted by atomic mass is 14.7. The summed E-state index contributed by atoms with van der Waals surface area (Å²) in [4.78, 5) is 0. The minimum absolute atomic E-state index is 0.0468. The van der Waals surface area contributed by atoms with Gasteiger partial charge in [-0.25, -0.2) is 0 Å². The van der Waals surface area contributed by atoms with Gasteiger partial charge in [0.05, 0.1) is 0 Å². The summed E-state index contributed by atoms with van der Waals surface area (Å²) in [5, 5.41) is 0. The van der Waals surface area contributed by atoms with Crippen LogP contribution in [0.15, 0.2) is 18.2 Å². The van der Waals surface area contributed by atoms with E-state index in [9.17, 15) is 0 Å². The summed E-state index contributed by atoms with van der Waals surface area (Å²) < 4.78 is 0. The van der Waals surface area contributed by atoms with E-state index in [1.165, 1.54) is 57.8 Å². The minimum atomic E-state index is -0.0468. The van der Waals surface area contributed by atoms with Gasteiger partial charge in [0.25, 0.3) is 0 Å². The Labute approximate surface area is 137 Å². The van der Waals surface area contributed by atoms with Gasteiger partial charge >= 0.3 is 0 Å². The van der Waals surface area contributed by atoms with Gasteiger partial charge in [-0.2, -0.15) is 0 Å². The van der Waals surface area contributed by atoms with Crippen LogP contribution < -0.4 is 5.73 Å². The molecule has 2 rings (SSSR count). The Morgan fingerprint density at radius 1 is 1.05 bits per heavy atom. The Hall–Kier alpha value is -0.820. The first-order valence-electron chi connectivity index (χ1n) is 9.40. The molecule has 0 amide bonds. The fraction of sp³-hybridized carbons (Fsp3) is 0.714. The Morgan fingerprint density at radius 3 is 2.50 bits per heavy atom. The van der Waals surface area contributed by atoms with Crippen molar-refractivity contribution >= 4 is 0 Å². The van der Waals surface area contributed by atoms with Crippen LogP contribution in [0.3, 0.4) is 0 Å². The van der Waals surface area contributed by atoms with E-state index in [4.69, 9.17) is 5.73 Å². The third-order valence-corrected chi connectivity index (χ3v) is 5.37. The average Bonchev–Trinajstić information content (AvgIpc) is 2.49. The SMILES string of the molecule is CCCCCCCCc1ccc2c(c1)CCC(C(C)(C)N)C2. The maximum atomic E-state index is 6.31. The number of hydrogen-bond acceptors (Lipinski definition) is 1. The van der Waals surface area contributed by atoms with E-state index in [-0.39, 0.29) is 5.54 Å².